The standard InChI is InChI=1S/C13H11ClN2O4/c14-6-9(17)10-11(18)15-13(20)16(12(10)19)7-8-4-2-1-3-5-8/h1-5,19H,6-7H2,(H,15,18,20). The van der Waals surface area contributed by atoms with Crippen LogP contribution in [0.25, 0.3) is 0 Å². The van der Waals surface area contributed by atoms with E-state index in [9.17, 15) is 19.5 Å². The lowest BCUT2D eigenvalue weighted by Gasteiger charge is -2.10. The van der Waals surface area contributed by atoms with Crippen molar-refractivity contribution in [2.75, 3.05) is 5.88 Å². The predicted molar refractivity (Wildman–Crippen MR) is 73.6 cm³/mol. The van der Waals surface area contributed by atoms with E-state index in [2.05, 4.69) is 0 Å². The Morgan fingerprint density at radius 3 is 2.50 bits per heavy atom. The molecule has 0 fully saturated rings. The quantitative estimate of drug-likeness (QED) is 0.642. The van der Waals surface area contributed by atoms with Crippen molar-refractivity contribution in [2.24, 2.45) is 0 Å². The summed E-state index contributed by atoms with van der Waals surface area (Å²) in [6.07, 6.45) is 0. The zero-order valence-corrected chi connectivity index (χ0v) is 11.1. The smallest absolute Gasteiger partial charge is 0.331 e. The molecule has 0 saturated carbocycles. The van der Waals surface area contributed by atoms with E-state index in [1.807, 2.05) is 4.98 Å². The van der Waals surface area contributed by atoms with Crippen LogP contribution in [0.15, 0.2) is 39.9 Å². The minimum Gasteiger partial charge on any atom is -0.494 e. The van der Waals surface area contributed by atoms with Crippen molar-refractivity contribution in [3.05, 3.63) is 62.3 Å². The zero-order valence-electron chi connectivity index (χ0n) is 10.3. The summed E-state index contributed by atoms with van der Waals surface area (Å²) in [5.41, 5.74) is -1.50. The first-order valence-electron chi connectivity index (χ1n) is 5.73. The zero-order chi connectivity index (χ0) is 14.7. The van der Waals surface area contributed by atoms with Gasteiger partial charge in [-0.3, -0.25) is 19.1 Å². The molecule has 0 saturated heterocycles. The highest BCUT2D eigenvalue weighted by Gasteiger charge is 2.20. The third kappa shape index (κ3) is 2.65. The third-order valence-electron chi connectivity index (χ3n) is 2.76. The van der Waals surface area contributed by atoms with E-state index in [0.717, 1.165) is 10.1 Å². The fourth-order valence-electron chi connectivity index (χ4n) is 1.79. The van der Waals surface area contributed by atoms with Crippen LogP contribution in [0.2, 0.25) is 0 Å². The molecule has 1 aromatic heterocycles. The van der Waals surface area contributed by atoms with Gasteiger partial charge in [-0.2, -0.15) is 0 Å². The highest BCUT2D eigenvalue weighted by Crippen LogP contribution is 2.13. The Hall–Kier alpha value is -2.34. The molecule has 6 nitrogen and oxygen atoms in total. The van der Waals surface area contributed by atoms with Crippen LogP contribution in [-0.2, 0) is 6.54 Å². The van der Waals surface area contributed by atoms with Gasteiger partial charge in [-0.25, -0.2) is 4.79 Å². The number of Topliss-reactive ketones (excluding diaryl/α,β-unsaturated/α-hetero) is 1. The first kappa shape index (κ1) is 14.1. The molecule has 0 radical (unpaired) electrons. The molecule has 0 aliphatic carbocycles. The molecule has 2 N–H and O–H groups in total. The normalized spacial score (nSPS) is 10.4. The molecule has 0 spiro atoms. The lowest BCUT2D eigenvalue weighted by atomic mass is 10.2. The summed E-state index contributed by atoms with van der Waals surface area (Å²) in [5, 5.41) is 9.98. The molecule has 0 amide bonds. The van der Waals surface area contributed by atoms with Gasteiger partial charge in [-0.05, 0) is 5.56 Å². The first-order valence-corrected chi connectivity index (χ1v) is 6.27. The van der Waals surface area contributed by atoms with Gasteiger partial charge in [0.05, 0.1) is 12.4 Å². The number of ketones is 1. The Morgan fingerprint density at radius 1 is 1.25 bits per heavy atom. The van der Waals surface area contributed by atoms with Crippen LogP contribution in [0.3, 0.4) is 0 Å². The summed E-state index contributed by atoms with van der Waals surface area (Å²) in [6, 6.07) is 8.85. The molecule has 0 unspecified atom stereocenters. The Bertz CT molecular complexity index is 749. The van der Waals surface area contributed by atoms with E-state index in [1.54, 1.807) is 30.3 Å². The second-order valence-corrected chi connectivity index (χ2v) is 4.35. The van der Waals surface area contributed by atoms with Crippen molar-refractivity contribution in [1.29, 1.82) is 0 Å². The SMILES string of the molecule is O=C(CCl)c1c(O)n(Cc2ccccc2)c(=O)[nH]c1=O. The van der Waals surface area contributed by atoms with Gasteiger partial charge in [0, 0.05) is 0 Å². The van der Waals surface area contributed by atoms with Crippen LogP contribution in [0, 0.1) is 0 Å². The van der Waals surface area contributed by atoms with Crippen LogP contribution in [-0.4, -0.2) is 26.3 Å². The summed E-state index contributed by atoms with van der Waals surface area (Å²) >= 11 is 5.38. The number of H-pyrrole nitrogens is 1. The van der Waals surface area contributed by atoms with E-state index in [1.165, 1.54) is 0 Å². The van der Waals surface area contributed by atoms with Crippen LogP contribution >= 0.6 is 11.6 Å². The number of hydrogen-bond acceptors (Lipinski definition) is 4. The Balaban J connectivity index is 2.57. The predicted octanol–water partition coefficient (Wildman–Crippen LogP) is 0.712. The number of benzene rings is 1. The number of aromatic hydroxyl groups is 1. The molecule has 1 heterocycles. The molecule has 0 atom stereocenters. The summed E-state index contributed by atoms with van der Waals surface area (Å²) < 4.78 is 0.913. The maximum absolute atomic E-state index is 11.7. The molecule has 20 heavy (non-hydrogen) atoms. The number of nitrogens with zero attached hydrogens (tertiary/aromatic N) is 1. The van der Waals surface area contributed by atoms with E-state index < -0.39 is 34.4 Å². The largest absolute Gasteiger partial charge is 0.494 e. The summed E-state index contributed by atoms with van der Waals surface area (Å²) in [5.74, 6) is -1.87. The molecule has 0 aliphatic heterocycles. The van der Waals surface area contributed by atoms with Gasteiger partial charge in [-0.15, -0.1) is 11.6 Å². The summed E-state index contributed by atoms with van der Waals surface area (Å²) in [6.45, 7) is 0.0326. The van der Waals surface area contributed by atoms with Gasteiger partial charge in [0.2, 0.25) is 5.88 Å². The topological polar surface area (TPSA) is 92.2 Å². The lowest BCUT2D eigenvalue weighted by molar-refractivity contribution is 0.101. The van der Waals surface area contributed by atoms with Gasteiger partial charge in [0.1, 0.15) is 5.56 Å². The maximum Gasteiger partial charge on any atom is 0.331 e. The van der Waals surface area contributed by atoms with Crippen molar-refractivity contribution in [3.8, 4) is 5.88 Å². The van der Waals surface area contributed by atoms with E-state index >= 15 is 0 Å². The Morgan fingerprint density at radius 2 is 1.90 bits per heavy atom. The van der Waals surface area contributed by atoms with Crippen molar-refractivity contribution < 1.29 is 9.90 Å². The number of aromatic amines is 1. The average Bonchev–Trinajstić information content (AvgIpc) is 2.44. The van der Waals surface area contributed by atoms with Gasteiger partial charge in [0.25, 0.3) is 5.56 Å². The second kappa shape index (κ2) is 5.75. The highest BCUT2D eigenvalue weighted by molar-refractivity contribution is 6.30. The van der Waals surface area contributed by atoms with Crippen LogP contribution < -0.4 is 11.2 Å². The summed E-state index contributed by atoms with van der Waals surface area (Å²) in [4.78, 5) is 36.8. The molecular formula is C13H11ClN2O4. The molecular weight excluding hydrogens is 284 g/mol. The number of aromatic nitrogens is 2. The minimum absolute atomic E-state index is 0.0326. The molecule has 0 aliphatic rings. The Kier molecular flexibility index (Phi) is 4.05. The van der Waals surface area contributed by atoms with Crippen LogP contribution in [0.5, 0.6) is 5.88 Å². The average molecular weight is 295 g/mol. The molecule has 104 valence electrons. The molecule has 1 aromatic carbocycles. The van der Waals surface area contributed by atoms with Gasteiger partial charge < -0.3 is 5.11 Å². The molecule has 7 heteroatoms. The number of nitrogens with one attached hydrogen (secondary N) is 1. The van der Waals surface area contributed by atoms with E-state index in [4.69, 9.17) is 11.6 Å². The first-order chi connectivity index (χ1) is 9.54. The van der Waals surface area contributed by atoms with Crippen molar-refractivity contribution in [1.82, 2.24) is 9.55 Å². The highest BCUT2D eigenvalue weighted by atomic mass is 35.5. The number of rotatable bonds is 4. The van der Waals surface area contributed by atoms with E-state index in [0.29, 0.717) is 0 Å². The number of alkyl halides is 1. The van der Waals surface area contributed by atoms with Crippen molar-refractivity contribution >= 4 is 17.4 Å². The monoisotopic (exact) mass is 294 g/mol. The molecule has 0 bridgehead atoms. The fourth-order valence-corrected chi connectivity index (χ4v) is 1.92. The lowest BCUT2D eigenvalue weighted by Crippen LogP contribution is -2.34. The second-order valence-electron chi connectivity index (χ2n) is 4.09. The van der Waals surface area contributed by atoms with Crippen molar-refractivity contribution in [3.63, 3.8) is 0 Å². The van der Waals surface area contributed by atoms with Gasteiger partial charge in [-0.1, -0.05) is 30.3 Å². The molecule has 2 aromatic rings. The Labute approximate surface area is 118 Å². The third-order valence-corrected chi connectivity index (χ3v) is 3.00. The fraction of sp³-hybridized carbons (Fsp3) is 0.154. The molecule has 2 rings (SSSR count). The minimum atomic E-state index is -0.942. The van der Waals surface area contributed by atoms with E-state index in [-0.39, 0.29) is 6.54 Å². The van der Waals surface area contributed by atoms with Crippen LogP contribution in [0.4, 0.5) is 0 Å². The number of carbonyl (C=O) groups excluding carboxylic acids is 1. The number of halogens is 1. The van der Waals surface area contributed by atoms with Gasteiger partial charge in [0.15, 0.2) is 5.78 Å². The van der Waals surface area contributed by atoms with Crippen LogP contribution in [0.1, 0.15) is 15.9 Å². The maximum atomic E-state index is 11.7. The summed E-state index contributed by atoms with van der Waals surface area (Å²) in [7, 11) is 0. The van der Waals surface area contributed by atoms with Crippen molar-refractivity contribution in [2.45, 2.75) is 6.54 Å². The van der Waals surface area contributed by atoms with Gasteiger partial charge >= 0.3 is 5.69 Å². The number of carbonyl (C=O) groups is 1. The number of hydrogen-bond donors (Lipinski definition) is 2.